The Morgan fingerprint density at radius 1 is 1.03 bits per heavy atom. The molecule has 0 spiro atoms. The van der Waals surface area contributed by atoms with Gasteiger partial charge in [-0.1, -0.05) is 37.3 Å². The Kier molecular flexibility index (Phi) is 6.12. The van der Waals surface area contributed by atoms with Gasteiger partial charge in [-0.15, -0.1) is 0 Å². The lowest BCUT2D eigenvalue weighted by Gasteiger charge is -2.30. The molecule has 1 aromatic heterocycles. The van der Waals surface area contributed by atoms with Crippen LogP contribution in [0.1, 0.15) is 41.3 Å². The number of likely N-dealkylation sites (tertiary alicyclic amines) is 1. The van der Waals surface area contributed by atoms with Gasteiger partial charge in [0.05, 0.1) is 11.1 Å². The minimum Gasteiger partial charge on any atom is -0.339 e. The Hall–Kier alpha value is -3.41. The van der Waals surface area contributed by atoms with E-state index < -0.39 is 0 Å². The van der Waals surface area contributed by atoms with Crippen molar-refractivity contribution < 1.29 is 9.59 Å². The third kappa shape index (κ3) is 4.31. The number of hydrogen-bond donors (Lipinski definition) is 1. The van der Waals surface area contributed by atoms with Crippen molar-refractivity contribution in [2.45, 2.75) is 40.2 Å². The van der Waals surface area contributed by atoms with Gasteiger partial charge in [0.15, 0.2) is 0 Å². The van der Waals surface area contributed by atoms with Gasteiger partial charge in [-0.2, -0.15) is 0 Å². The Bertz CT molecular complexity index is 1240. The molecule has 0 atom stereocenters. The average molecular weight is 432 g/mol. The van der Waals surface area contributed by atoms with Crippen LogP contribution in [0.4, 0.5) is 5.69 Å². The highest BCUT2D eigenvalue weighted by Crippen LogP contribution is 2.23. The van der Waals surface area contributed by atoms with Gasteiger partial charge < -0.3 is 10.2 Å². The third-order valence-corrected chi connectivity index (χ3v) is 6.50. The number of para-hydroxylation sites is 1. The third-order valence-electron chi connectivity index (χ3n) is 6.50. The van der Waals surface area contributed by atoms with Crippen LogP contribution in [0.2, 0.25) is 0 Å². The van der Waals surface area contributed by atoms with Crippen LogP contribution in [0, 0.1) is 19.8 Å². The summed E-state index contributed by atoms with van der Waals surface area (Å²) in [5.74, 6) is 0.214. The average Bonchev–Trinajstić information content (AvgIpc) is 2.78. The first-order chi connectivity index (χ1) is 15.3. The van der Waals surface area contributed by atoms with E-state index in [1.807, 2.05) is 55.1 Å². The van der Waals surface area contributed by atoms with Gasteiger partial charge >= 0.3 is 0 Å². The molecule has 0 radical (unpaired) electrons. The first-order valence-corrected chi connectivity index (χ1v) is 11.1. The number of pyridine rings is 1. The molecule has 2 amide bonds. The molecule has 0 unspecified atom stereocenters. The number of carbonyl (C=O) groups is 2. The van der Waals surface area contributed by atoms with Crippen molar-refractivity contribution in [1.82, 2.24) is 9.47 Å². The monoisotopic (exact) mass is 431 g/mol. The SMILES string of the molecule is Cc1cccc(NC(=O)Cn2c(=O)cc(C(=O)N3CCC(C)CC3)c3ccccc32)c1C. The molecule has 2 aromatic carbocycles. The molecule has 0 bridgehead atoms. The predicted octanol–water partition coefficient (Wildman–Crippen LogP) is 4.13. The predicted molar refractivity (Wildman–Crippen MR) is 127 cm³/mol. The second-order valence-corrected chi connectivity index (χ2v) is 8.77. The fourth-order valence-corrected chi connectivity index (χ4v) is 4.28. The van der Waals surface area contributed by atoms with Gasteiger partial charge in [0.1, 0.15) is 6.54 Å². The van der Waals surface area contributed by atoms with Crippen LogP contribution in [0.25, 0.3) is 10.9 Å². The Morgan fingerprint density at radius 2 is 1.75 bits per heavy atom. The number of anilines is 1. The number of nitrogens with zero attached hydrogens (tertiary/aromatic N) is 2. The van der Waals surface area contributed by atoms with Gasteiger partial charge in [-0.25, -0.2) is 0 Å². The van der Waals surface area contributed by atoms with Crippen molar-refractivity contribution in [3.8, 4) is 0 Å². The summed E-state index contributed by atoms with van der Waals surface area (Å²) in [6.07, 6.45) is 1.94. The lowest BCUT2D eigenvalue weighted by molar-refractivity contribution is -0.116. The highest BCUT2D eigenvalue weighted by molar-refractivity contribution is 6.06. The summed E-state index contributed by atoms with van der Waals surface area (Å²) in [5, 5.41) is 3.60. The Labute approximate surface area is 187 Å². The molecule has 6 nitrogen and oxygen atoms in total. The molecule has 1 aliphatic rings. The minimum atomic E-state index is -0.353. The topological polar surface area (TPSA) is 71.4 Å². The molecule has 32 heavy (non-hydrogen) atoms. The van der Waals surface area contributed by atoms with Crippen LogP contribution in [0.5, 0.6) is 0 Å². The number of amides is 2. The second kappa shape index (κ2) is 8.99. The number of carbonyl (C=O) groups excluding carboxylic acids is 2. The van der Waals surface area contributed by atoms with E-state index in [2.05, 4.69) is 12.2 Å². The first kappa shape index (κ1) is 21.8. The molecule has 1 fully saturated rings. The van der Waals surface area contributed by atoms with Gasteiger partial charge in [-0.05, 0) is 55.9 Å². The standard InChI is InChI=1S/C26H29N3O3/c1-17-11-13-28(14-12-17)26(32)21-15-25(31)29(23-10-5-4-8-20(21)23)16-24(30)27-22-9-6-7-18(2)19(22)3/h4-10,15,17H,11-14,16H2,1-3H3,(H,27,30). The lowest BCUT2D eigenvalue weighted by atomic mass is 9.98. The molecular weight excluding hydrogens is 402 g/mol. The van der Waals surface area contributed by atoms with Gasteiger partial charge in [-0.3, -0.25) is 19.0 Å². The lowest BCUT2D eigenvalue weighted by Crippen LogP contribution is -2.39. The summed E-state index contributed by atoms with van der Waals surface area (Å²) in [6.45, 7) is 7.42. The molecule has 3 aromatic rings. The van der Waals surface area contributed by atoms with Gasteiger partial charge in [0.2, 0.25) is 5.91 Å². The zero-order chi connectivity index (χ0) is 22.8. The molecule has 1 saturated heterocycles. The van der Waals surface area contributed by atoms with Crippen molar-refractivity contribution in [2.75, 3.05) is 18.4 Å². The molecule has 2 heterocycles. The summed E-state index contributed by atoms with van der Waals surface area (Å²) >= 11 is 0. The van der Waals surface area contributed by atoms with E-state index >= 15 is 0 Å². The maximum absolute atomic E-state index is 13.2. The van der Waals surface area contributed by atoms with Crippen LogP contribution >= 0.6 is 0 Å². The zero-order valence-corrected chi connectivity index (χ0v) is 18.9. The first-order valence-electron chi connectivity index (χ1n) is 11.1. The number of benzene rings is 2. The van der Waals surface area contributed by atoms with E-state index in [0.29, 0.717) is 35.5 Å². The number of fused-ring (bicyclic) bond motifs is 1. The van der Waals surface area contributed by atoms with Crippen LogP contribution < -0.4 is 10.9 Å². The van der Waals surface area contributed by atoms with Crippen LogP contribution in [0.15, 0.2) is 53.3 Å². The fraction of sp³-hybridized carbons (Fsp3) is 0.346. The van der Waals surface area contributed by atoms with E-state index in [-0.39, 0.29) is 23.9 Å². The summed E-state index contributed by atoms with van der Waals surface area (Å²) in [4.78, 5) is 40.9. The number of piperidine rings is 1. The normalized spacial score (nSPS) is 14.5. The number of aromatic nitrogens is 1. The molecule has 6 heteroatoms. The highest BCUT2D eigenvalue weighted by Gasteiger charge is 2.24. The molecule has 4 rings (SSSR count). The van der Waals surface area contributed by atoms with Gasteiger partial charge in [0.25, 0.3) is 11.5 Å². The molecule has 1 N–H and O–H groups in total. The summed E-state index contributed by atoms with van der Waals surface area (Å²) in [7, 11) is 0. The minimum absolute atomic E-state index is 0.114. The van der Waals surface area contributed by atoms with Crippen molar-refractivity contribution in [1.29, 1.82) is 0 Å². The van der Waals surface area contributed by atoms with Crippen molar-refractivity contribution in [3.63, 3.8) is 0 Å². The molecule has 0 saturated carbocycles. The van der Waals surface area contributed by atoms with Crippen molar-refractivity contribution in [3.05, 3.63) is 75.6 Å². The zero-order valence-electron chi connectivity index (χ0n) is 18.9. The second-order valence-electron chi connectivity index (χ2n) is 8.77. The van der Waals surface area contributed by atoms with Gasteiger partial charge in [0, 0.05) is 30.2 Å². The van der Waals surface area contributed by atoms with Crippen LogP contribution in [-0.2, 0) is 11.3 Å². The number of nitrogens with one attached hydrogen (secondary N) is 1. The van der Waals surface area contributed by atoms with E-state index in [0.717, 1.165) is 29.7 Å². The highest BCUT2D eigenvalue weighted by atomic mass is 16.2. The van der Waals surface area contributed by atoms with Crippen molar-refractivity contribution >= 4 is 28.4 Å². The van der Waals surface area contributed by atoms with Crippen molar-refractivity contribution in [2.24, 2.45) is 5.92 Å². The summed E-state index contributed by atoms with van der Waals surface area (Å²) in [5.41, 5.74) is 3.46. The summed E-state index contributed by atoms with van der Waals surface area (Å²) < 4.78 is 1.44. The summed E-state index contributed by atoms with van der Waals surface area (Å²) in [6, 6.07) is 14.4. The van der Waals surface area contributed by atoms with E-state index in [1.165, 1.54) is 10.6 Å². The fourth-order valence-electron chi connectivity index (χ4n) is 4.28. The molecule has 166 valence electrons. The number of aryl methyl sites for hydroxylation is 1. The van der Waals surface area contributed by atoms with E-state index in [1.54, 1.807) is 6.07 Å². The number of hydrogen-bond acceptors (Lipinski definition) is 3. The quantitative estimate of drug-likeness (QED) is 0.675. The molecular formula is C26H29N3O3. The molecule has 1 aliphatic heterocycles. The molecule has 0 aliphatic carbocycles. The maximum Gasteiger partial charge on any atom is 0.254 e. The Morgan fingerprint density at radius 3 is 2.50 bits per heavy atom. The van der Waals surface area contributed by atoms with Crippen LogP contribution in [-0.4, -0.2) is 34.4 Å². The number of rotatable bonds is 4. The van der Waals surface area contributed by atoms with E-state index in [4.69, 9.17) is 0 Å². The van der Waals surface area contributed by atoms with Crippen LogP contribution in [0.3, 0.4) is 0 Å². The Balaban J connectivity index is 1.65. The maximum atomic E-state index is 13.2. The largest absolute Gasteiger partial charge is 0.339 e. The smallest absolute Gasteiger partial charge is 0.254 e. The van der Waals surface area contributed by atoms with E-state index in [9.17, 15) is 14.4 Å².